The standard InChI is InChI=1S/C60H46N4OS/c1-35(2)34-65-46-27-21-41(22-28-46)40-19-25-45(26-20-40)63(44-23-17-39(18-24-44)38-11-6-5-7-12-38)54-30-29-50(56-57(54)62-66-61-56)43-32-51-36(3)47-15-10-16-48-37(4)55-49-14-9-8-13-42(49)31-53-52(33-43)59(51)64(58(47)48)60(53)55/h5-33,35-37H,34H2,1-4H3. The summed E-state index contributed by atoms with van der Waals surface area (Å²) in [5.41, 5.74) is 21.4. The van der Waals surface area contributed by atoms with Crippen LogP contribution in [0.1, 0.15) is 61.8 Å². The molecule has 0 bridgehead atoms. The summed E-state index contributed by atoms with van der Waals surface area (Å²) in [5.74, 6) is 1.87. The van der Waals surface area contributed by atoms with Gasteiger partial charge in [0, 0.05) is 39.5 Å². The molecule has 0 N–H and O–H groups in total. The van der Waals surface area contributed by atoms with Gasteiger partial charge in [0.15, 0.2) is 0 Å². The van der Waals surface area contributed by atoms with E-state index in [0.29, 0.717) is 12.5 Å². The third-order valence-electron chi connectivity index (χ3n) is 14.2. The van der Waals surface area contributed by atoms with E-state index in [2.05, 4.69) is 213 Å². The first-order valence-electron chi connectivity index (χ1n) is 23.1. The molecule has 4 heterocycles. The van der Waals surface area contributed by atoms with Crippen LogP contribution in [0, 0.1) is 5.92 Å². The lowest BCUT2D eigenvalue weighted by molar-refractivity contribution is 0.271. The van der Waals surface area contributed by atoms with Gasteiger partial charge < -0.3 is 14.2 Å². The number of hydrogen-bond acceptors (Lipinski definition) is 5. The first-order chi connectivity index (χ1) is 32.4. The van der Waals surface area contributed by atoms with Gasteiger partial charge in [-0.2, -0.15) is 8.75 Å². The third-order valence-corrected chi connectivity index (χ3v) is 14.7. The molecule has 5 nitrogen and oxygen atoms in total. The second kappa shape index (κ2) is 15.0. The summed E-state index contributed by atoms with van der Waals surface area (Å²) in [4.78, 5) is 2.33. The van der Waals surface area contributed by atoms with Crippen LogP contribution in [0.3, 0.4) is 0 Å². The number of nitrogens with zero attached hydrogens (tertiary/aromatic N) is 4. The van der Waals surface area contributed by atoms with Gasteiger partial charge in [-0.15, -0.1) is 0 Å². The zero-order chi connectivity index (χ0) is 44.2. The van der Waals surface area contributed by atoms with Crippen LogP contribution in [0.2, 0.25) is 0 Å². The highest BCUT2D eigenvalue weighted by Gasteiger charge is 2.36. The summed E-state index contributed by atoms with van der Waals surface area (Å²) in [6, 6.07) is 64.4. The maximum absolute atomic E-state index is 5.98. The predicted octanol–water partition coefficient (Wildman–Crippen LogP) is 16.4. The molecule has 6 heteroatoms. The van der Waals surface area contributed by atoms with Crippen LogP contribution >= 0.6 is 11.7 Å². The van der Waals surface area contributed by atoms with Crippen molar-refractivity contribution in [1.29, 1.82) is 0 Å². The van der Waals surface area contributed by atoms with Crippen LogP contribution in [0.15, 0.2) is 176 Å². The van der Waals surface area contributed by atoms with Crippen molar-refractivity contribution < 1.29 is 4.74 Å². The van der Waals surface area contributed by atoms with E-state index in [0.717, 1.165) is 56.1 Å². The van der Waals surface area contributed by atoms with Crippen molar-refractivity contribution in [3.05, 3.63) is 198 Å². The first-order valence-corrected chi connectivity index (χ1v) is 23.8. The largest absolute Gasteiger partial charge is 0.493 e. The summed E-state index contributed by atoms with van der Waals surface area (Å²) in [6.07, 6.45) is 0. The molecule has 0 fully saturated rings. The van der Waals surface area contributed by atoms with Gasteiger partial charge in [-0.1, -0.05) is 137 Å². The van der Waals surface area contributed by atoms with Crippen molar-refractivity contribution in [3.63, 3.8) is 0 Å². The van der Waals surface area contributed by atoms with Gasteiger partial charge >= 0.3 is 0 Å². The quantitative estimate of drug-likeness (QED) is 0.145. The Balaban J connectivity index is 0.965. The summed E-state index contributed by atoms with van der Waals surface area (Å²) in [5, 5.41) is 5.24. The lowest BCUT2D eigenvalue weighted by Crippen LogP contribution is -2.19. The number of aromatic nitrogens is 3. The Bertz CT molecular complexity index is 3700. The van der Waals surface area contributed by atoms with E-state index in [1.54, 1.807) is 0 Å². The third kappa shape index (κ3) is 5.91. The zero-order valence-corrected chi connectivity index (χ0v) is 38.1. The topological polar surface area (TPSA) is 43.2 Å². The fraction of sp³-hybridized carbons (Fsp3) is 0.133. The summed E-state index contributed by atoms with van der Waals surface area (Å²) >= 11 is 1.28. The lowest BCUT2D eigenvalue weighted by atomic mass is 9.79. The van der Waals surface area contributed by atoms with E-state index < -0.39 is 0 Å². The minimum absolute atomic E-state index is 0.221. The van der Waals surface area contributed by atoms with Crippen molar-refractivity contribution in [2.75, 3.05) is 11.5 Å². The predicted molar refractivity (Wildman–Crippen MR) is 276 cm³/mol. The molecule has 13 rings (SSSR count). The SMILES string of the molecule is CC(C)COc1ccc(-c2ccc(N(c3ccc(-c4ccccc4)cc3)c3ccc(-c4cc5c6c(c4)c4cc7ccccc7c7c4n6-c4c(cccc4C7C)C5C)c4nsnc34)cc2)cc1. The molecule has 0 amide bonds. The van der Waals surface area contributed by atoms with Crippen molar-refractivity contribution in [3.8, 4) is 44.8 Å². The van der Waals surface area contributed by atoms with Gasteiger partial charge in [0.2, 0.25) is 0 Å². The Labute approximate surface area is 388 Å². The number of anilines is 3. The van der Waals surface area contributed by atoms with Crippen molar-refractivity contribution in [2.24, 2.45) is 5.92 Å². The summed E-state index contributed by atoms with van der Waals surface area (Å²) < 4.78 is 18.8. The lowest BCUT2D eigenvalue weighted by Gasteiger charge is -2.34. The molecule has 0 radical (unpaired) electrons. The molecular weight excluding hydrogens is 825 g/mol. The monoisotopic (exact) mass is 870 g/mol. The fourth-order valence-electron chi connectivity index (χ4n) is 11.0. The molecule has 0 saturated heterocycles. The average Bonchev–Trinajstić information content (AvgIpc) is 3.99. The van der Waals surface area contributed by atoms with Gasteiger partial charge in [0.25, 0.3) is 0 Å². The smallest absolute Gasteiger partial charge is 0.129 e. The second-order valence-electron chi connectivity index (χ2n) is 18.6. The van der Waals surface area contributed by atoms with E-state index in [9.17, 15) is 0 Å². The highest BCUT2D eigenvalue weighted by Crippen LogP contribution is 2.54. The highest BCUT2D eigenvalue weighted by molar-refractivity contribution is 7.00. The Hall–Kier alpha value is -7.54. The molecule has 2 aromatic heterocycles. The number of rotatable bonds is 9. The fourth-order valence-corrected chi connectivity index (χ4v) is 11.5. The van der Waals surface area contributed by atoms with E-state index >= 15 is 0 Å². The van der Waals surface area contributed by atoms with E-state index in [1.165, 1.54) is 83.4 Å². The summed E-state index contributed by atoms with van der Waals surface area (Å²) in [7, 11) is 0. The highest BCUT2D eigenvalue weighted by atomic mass is 32.1. The Morgan fingerprint density at radius 2 is 1.17 bits per heavy atom. The van der Waals surface area contributed by atoms with E-state index in [-0.39, 0.29) is 11.8 Å². The number of ether oxygens (including phenoxy) is 1. The summed E-state index contributed by atoms with van der Waals surface area (Å²) in [6.45, 7) is 9.82. The molecular formula is C60H46N4OS. The van der Waals surface area contributed by atoms with Gasteiger partial charge in [-0.3, -0.25) is 0 Å². The number of hydrogen-bond donors (Lipinski definition) is 0. The van der Waals surface area contributed by atoms with Crippen LogP contribution in [-0.4, -0.2) is 19.9 Å². The normalized spacial score (nSPS) is 14.9. The molecule has 2 atom stereocenters. The molecule has 0 aliphatic carbocycles. The second-order valence-corrected chi connectivity index (χ2v) is 19.1. The van der Waals surface area contributed by atoms with Gasteiger partial charge in [-0.05, 0) is 133 Å². The van der Waals surface area contributed by atoms with Crippen LogP contribution < -0.4 is 9.64 Å². The van der Waals surface area contributed by atoms with Gasteiger partial charge in [0.1, 0.15) is 16.8 Å². The van der Waals surface area contributed by atoms with Crippen LogP contribution in [-0.2, 0) is 0 Å². The van der Waals surface area contributed by atoms with Gasteiger partial charge in [0.05, 0.1) is 40.7 Å². The molecule has 2 aliphatic rings. The molecule has 318 valence electrons. The van der Waals surface area contributed by atoms with Crippen molar-refractivity contribution in [2.45, 2.75) is 39.5 Å². The molecule has 2 aliphatic heterocycles. The van der Waals surface area contributed by atoms with Crippen LogP contribution in [0.5, 0.6) is 5.75 Å². The maximum atomic E-state index is 5.98. The number of benzene rings is 9. The maximum Gasteiger partial charge on any atom is 0.129 e. The van der Waals surface area contributed by atoms with E-state index in [1.807, 2.05) is 0 Å². The Morgan fingerprint density at radius 3 is 1.88 bits per heavy atom. The molecule has 2 unspecified atom stereocenters. The number of fused-ring (bicyclic) bond motifs is 4. The molecule has 66 heavy (non-hydrogen) atoms. The van der Waals surface area contributed by atoms with E-state index in [4.69, 9.17) is 13.5 Å². The minimum Gasteiger partial charge on any atom is -0.493 e. The minimum atomic E-state index is 0.221. The molecule has 11 aromatic rings. The molecule has 0 saturated carbocycles. The number of para-hydroxylation sites is 1. The van der Waals surface area contributed by atoms with Crippen molar-refractivity contribution in [1.82, 2.24) is 13.3 Å². The van der Waals surface area contributed by atoms with Crippen molar-refractivity contribution >= 4 is 72.4 Å². The molecule has 0 spiro atoms. The van der Waals surface area contributed by atoms with Crippen LogP contribution in [0.4, 0.5) is 17.1 Å². The molecule has 9 aromatic carbocycles. The average molecular weight is 871 g/mol. The zero-order valence-electron chi connectivity index (χ0n) is 37.3. The van der Waals surface area contributed by atoms with Gasteiger partial charge in [-0.25, -0.2) is 0 Å². The first kappa shape index (κ1) is 38.9. The van der Waals surface area contributed by atoms with Crippen LogP contribution in [0.25, 0.3) is 82.7 Å². The Morgan fingerprint density at radius 1 is 0.545 bits per heavy atom. The Kier molecular flexibility index (Phi) is 8.84.